The molecule has 0 spiro atoms. The quantitative estimate of drug-likeness (QED) is 0.869. The maximum atomic E-state index is 5.31. The molecule has 1 N–H and O–H groups in total. The van der Waals surface area contributed by atoms with E-state index in [1.165, 1.54) is 10.4 Å². The molecule has 1 aromatic heterocycles. The molecule has 2 aromatic rings. The van der Waals surface area contributed by atoms with Crippen molar-refractivity contribution in [2.24, 2.45) is 0 Å². The number of nitrogens with one attached hydrogen (secondary N) is 1. The van der Waals surface area contributed by atoms with Crippen LogP contribution >= 0.6 is 11.3 Å². The summed E-state index contributed by atoms with van der Waals surface area (Å²) in [6.45, 7) is 2.92. The van der Waals surface area contributed by atoms with Crippen molar-refractivity contribution >= 4 is 17.0 Å². The van der Waals surface area contributed by atoms with Gasteiger partial charge >= 0.3 is 0 Å². The Kier molecular flexibility index (Phi) is 3.47. The van der Waals surface area contributed by atoms with E-state index in [0.717, 1.165) is 18.0 Å². The van der Waals surface area contributed by atoms with E-state index in [9.17, 15) is 0 Å². The van der Waals surface area contributed by atoms with Gasteiger partial charge in [0.25, 0.3) is 0 Å². The topological polar surface area (TPSA) is 21.3 Å². The molecule has 2 nitrogen and oxygen atoms in total. The standard InChI is InChI=1S/C13H15NOS/c1-10-5-6-13(15-2)12(8-10)14-9-11-4-3-7-16-11/h3-8,14H,9H2,1-2H3. The summed E-state index contributed by atoms with van der Waals surface area (Å²) in [6, 6.07) is 10.3. The van der Waals surface area contributed by atoms with E-state index >= 15 is 0 Å². The third kappa shape index (κ3) is 2.55. The van der Waals surface area contributed by atoms with E-state index in [0.29, 0.717) is 0 Å². The first-order valence-corrected chi connectivity index (χ1v) is 6.08. The zero-order valence-corrected chi connectivity index (χ0v) is 10.3. The molecule has 16 heavy (non-hydrogen) atoms. The highest BCUT2D eigenvalue weighted by molar-refractivity contribution is 7.09. The molecule has 0 radical (unpaired) electrons. The number of methoxy groups -OCH3 is 1. The molecule has 0 atom stereocenters. The summed E-state index contributed by atoms with van der Waals surface area (Å²) in [5.41, 5.74) is 2.28. The number of anilines is 1. The van der Waals surface area contributed by atoms with Crippen LogP contribution in [-0.2, 0) is 6.54 Å². The van der Waals surface area contributed by atoms with Crippen LogP contribution in [0.1, 0.15) is 10.4 Å². The molecular formula is C13H15NOS. The molecule has 0 saturated carbocycles. The maximum absolute atomic E-state index is 5.31. The molecule has 0 aliphatic carbocycles. The molecule has 1 heterocycles. The summed E-state index contributed by atoms with van der Waals surface area (Å²) in [5, 5.41) is 5.48. The SMILES string of the molecule is COc1ccc(C)cc1NCc1cccs1. The van der Waals surface area contributed by atoms with Crippen molar-refractivity contribution < 1.29 is 4.74 Å². The Morgan fingerprint density at radius 3 is 2.88 bits per heavy atom. The second-order valence-corrected chi connectivity index (χ2v) is 4.67. The van der Waals surface area contributed by atoms with Crippen LogP contribution in [0.5, 0.6) is 5.75 Å². The minimum absolute atomic E-state index is 0.845. The van der Waals surface area contributed by atoms with Gasteiger partial charge in [-0.15, -0.1) is 11.3 Å². The van der Waals surface area contributed by atoms with E-state index in [1.807, 2.05) is 6.07 Å². The van der Waals surface area contributed by atoms with Gasteiger partial charge in [0, 0.05) is 11.4 Å². The number of ether oxygens (including phenoxy) is 1. The van der Waals surface area contributed by atoms with Crippen molar-refractivity contribution in [3.63, 3.8) is 0 Å². The lowest BCUT2D eigenvalue weighted by atomic mass is 10.2. The normalized spacial score (nSPS) is 10.1. The zero-order chi connectivity index (χ0) is 11.4. The highest BCUT2D eigenvalue weighted by atomic mass is 32.1. The van der Waals surface area contributed by atoms with Crippen molar-refractivity contribution in [3.8, 4) is 5.75 Å². The Hall–Kier alpha value is -1.48. The molecule has 0 saturated heterocycles. The number of thiophene rings is 1. The molecule has 0 aliphatic rings. The van der Waals surface area contributed by atoms with Gasteiger partial charge in [-0.25, -0.2) is 0 Å². The minimum atomic E-state index is 0.845. The second-order valence-electron chi connectivity index (χ2n) is 3.64. The number of hydrogen-bond donors (Lipinski definition) is 1. The van der Waals surface area contributed by atoms with E-state index in [1.54, 1.807) is 18.4 Å². The first-order chi connectivity index (χ1) is 7.79. The molecule has 0 fully saturated rings. The van der Waals surface area contributed by atoms with Gasteiger partial charge in [-0.3, -0.25) is 0 Å². The van der Waals surface area contributed by atoms with Gasteiger partial charge < -0.3 is 10.1 Å². The van der Waals surface area contributed by atoms with Crippen molar-refractivity contribution in [3.05, 3.63) is 46.2 Å². The van der Waals surface area contributed by atoms with Crippen LogP contribution < -0.4 is 10.1 Å². The highest BCUT2D eigenvalue weighted by Crippen LogP contribution is 2.26. The summed E-state index contributed by atoms with van der Waals surface area (Å²) in [5.74, 6) is 0.891. The number of hydrogen-bond acceptors (Lipinski definition) is 3. The van der Waals surface area contributed by atoms with Crippen molar-refractivity contribution in [2.75, 3.05) is 12.4 Å². The smallest absolute Gasteiger partial charge is 0.141 e. The Labute approximate surface area is 99.9 Å². The molecule has 1 aromatic carbocycles. The summed E-state index contributed by atoms with van der Waals surface area (Å²) in [4.78, 5) is 1.32. The van der Waals surface area contributed by atoms with Gasteiger partial charge in [-0.05, 0) is 36.1 Å². The third-order valence-electron chi connectivity index (χ3n) is 2.39. The molecular weight excluding hydrogens is 218 g/mol. The molecule has 0 amide bonds. The number of rotatable bonds is 4. The Bertz CT molecular complexity index is 451. The molecule has 3 heteroatoms. The number of benzene rings is 1. The van der Waals surface area contributed by atoms with Crippen LogP contribution in [0.15, 0.2) is 35.7 Å². The number of aryl methyl sites for hydroxylation is 1. The largest absolute Gasteiger partial charge is 0.495 e. The predicted molar refractivity (Wildman–Crippen MR) is 69.4 cm³/mol. The Morgan fingerprint density at radius 2 is 2.19 bits per heavy atom. The van der Waals surface area contributed by atoms with Crippen LogP contribution in [0.2, 0.25) is 0 Å². The summed E-state index contributed by atoms with van der Waals surface area (Å²) >= 11 is 1.76. The van der Waals surface area contributed by atoms with Gasteiger partial charge in [0.15, 0.2) is 0 Å². The Morgan fingerprint density at radius 1 is 1.31 bits per heavy atom. The first kappa shape index (κ1) is 11.0. The van der Waals surface area contributed by atoms with Crippen molar-refractivity contribution in [1.82, 2.24) is 0 Å². The van der Waals surface area contributed by atoms with Crippen molar-refractivity contribution in [1.29, 1.82) is 0 Å². The van der Waals surface area contributed by atoms with Crippen molar-refractivity contribution in [2.45, 2.75) is 13.5 Å². The van der Waals surface area contributed by atoms with Crippen LogP contribution in [-0.4, -0.2) is 7.11 Å². The third-order valence-corrected chi connectivity index (χ3v) is 3.26. The monoisotopic (exact) mass is 233 g/mol. The molecule has 0 aliphatic heterocycles. The lowest BCUT2D eigenvalue weighted by Crippen LogP contribution is -2.00. The second kappa shape index (κ2) is 5.03. The van der Waals surface area contributed by atoms with Gasteiger partial charge in [0.1, 0.15) is 5.75 Å². The maximum Gasteiger partial charge on any atom is 0.141 e. The molecule has 2 rings (SSSR count). The van der Waals surface area contributed by atoms with E-state index < -0.39 is 0 Å². The van der Waals surface area contributed by atoms with Crippen LogP contribution in [0.3, 0.4) is 0 Å². The fourth-order valence-corrected chi connectivity index (χ4v) is 2.20. The van der Waals surface area contributed by atoms with Crippen LogP contribution in [0.4, 0.5) is 5.69 Å². The van der Waals surface area contributed by atoms with Gasteiger partial charge in [-0.2, -0.15) is 0 Å². The summed E-state index contributed by atoms with van der Waals surface area (Å²) in [7, 11) is 1.70. The summed E-state index contributed by atoms with van der Waals surface area (Å²) in [6.07, 6.45) is 0. The Balaban J connectivity index is 2.11. The zero-order valence-electron chi connectivity index (χ0n) is 9.49. The van der Waals surface area contributed by atoms with E-state index in [4.69, 9.17) is 4.74 Å². The van der Waals surface area contributed by atoms with Gasteiger partial charge in [-0.1, -0.05) is 12.1 Å². The summed E-state index contributed by atoms with van der Waals surface area (Å²) < 4.78 is 5.31. The molecule has 84 valence electrons. The predicted octanol–water partition coefficient (Wildman–Crippen LogP) is 3.68. The fourth-order valence-electron chi connectivity index (χ4n) is 1.56. The van der Waals surface area contributed by atoms with E-state index in [-0.39, 0.29) is 0 Å². The molecule has 0 bridgehead atoms. The van der Waals surface area contributed by atoms with Crippen LogP contribution in [0, 0.1) is 6.92 Å². The van der Waals surface area contributed by atoms with E-state index in [2.05, 4.69) is 41.9 Å². The molecule has 0 unspecified atom stereocenters. The highest BCUT2D eigenvalue weighted by Gasteiger charge is 2.02. The lowest BCUT2D eigenvalue weighted by Gasteiger charge is -2.11. The van der Waals surface area contributed by atoms with Crippen LogP contribution in [0.25, 0.3) is 0 Å². The lowest BCUT2D eigenvalue weighted by molar-refractivity contribution is 0.416. The average molecular weight is 233 g/mol. The fraction of sp³-hybridized carbons (Fsp3) is 0.231. The van der Waals surface area contributed by atoms with Gasteiger partial charge in [0.2, 0.25) is 0 Å². The average Bonchev–Trinajstić information content (AvgIpc) is 2.79. The minimum Gasteiger partial charge on any atom is -0.495 e. The van der Waals surface area contributed by atoms with Gasteiger partial charge in [0.05, 0.1) is 12.8 Å². The first-order valence-electron chi connectivity index (χ1n) is 5.20.